The predicted molar refractivity (Wildman–Crippen MR) is 57.4 cm³/mol. The van der Waals surface area contributed by atoms with Crippen molar-refractivity contribution in [2.75, 3.05) is 19.5 Å². The van der Waals surface area contributed by atoms with Crippen molar-refractivity contribution in [3.8, 4) is 0 Å². The van der Waals surface area contributed by atoms with Crippen LogP contribution in [0, 0.1) is 0 Å². The predicted octanol–water partition coefficient (Wildman–Crippen LogP) is 0.672. The Bertz CT molecular complexity index is 450. The summed E-state index contributed by atoms with van der Waals surface area (Å²) < 4.78 is 31.3. The summed E-state index contributed by atoms with van der Waals surface area (Å²) >= 11 is 0. The zero-order valence-electron chi connectivity index (χ0n) is 8.92. The van der Waals surface area contributed by atoms with E-state index < -0.39 is 10.1 Å². The number of hydrogen-bond donors (Lipinski definition) is 0. The lowest BCUT2D eigenvalue weighted by Crippen LogP contribution is -2.25. The van der Waals surface area contributed by atoms with Crippen molar-refractivity contribution in [2.24, 2.45) is 0 Å². The Morgan fingerprint density at radius 2 is 2.25 bits per heavy atom. The van der Waals surface area contributed by atoms with Crippen molar-refractivity contribution in [3.63, 3.8) is 0 Å². The molecule has 2 heterocycles. The van der Waals surface area contributed by atoms with Crippen molar-refractivity contribution in [2.45, 2.75) is 12.5 Å². The average Bonchev–Trinajstić information content (AvgIpc) is 2.13. The summed E-state index contributed by atoms with van der Waals surface area (Å²) in [6.07, 6.45) is 2.77. The molecule has 1 aliphatic heterocycles. The lowest BCUT2D eigenvalue weighted by Gasteiger charge is -2.25. The first-order valence-electron chi connectivity index (χ1n) is 4.91. The molecule has 1 aliphatic rings. The SMILES string of the molecule is CS(=O)(=O)OCc1ccc(C2COC2)cn1. The van der Waals surface area contributed by atoms with Crippen LogP contribution < -0.4 is 0 Å². The number of nitrogens with zero attached hydrogens (tertiary/aromatic N) is 1. The van der Waals surface area contributed by atoms with E-state index in [0.29, 0.717) is 11.6 Å². The van der Waals surface area contributed by atoms with E-state index in [1.54, 1.807) is 12.3 Å². The Labute approximate surface area is 94.5 Å². The maximum absolute atomic E-state index is 10.8. The van der Waals surface area contributed by atoms with Crippen LogP contribution in [0.4, 0.5) is 0 Å². The van der Waals surface area contributed by atoms with E-state index in [1.165, 1.54) is 0 Å². The zero-order chi connectivity index (χ0) is 11.6. The summed E-state index contributed by atoms with van der Waals surface area (Å²) in [5.41, 5.74) is 1.73. The molecule has 0 radical (unpaired) electrons. The molecule has 16 heavy (non-hydrogen) atoms. The molecule has 1 fully saturated rings. The van der Waals surface area contributed by atoms with Crippen LogP contribution in [-0.2, 0) is 25.6 Å². The highest BCUT2D eigenvalue weighted by Crippen LogP contribution is 2.23. The molecule has 1 aromatic rings. The van der Waals surface area contributed by atoms with E-state index >= 15 is 0 Å². The monoisotopic (exact) mass is 243 g/mol. The van der Waals surface area contributed by atoms with Crippen LogP contribution in [0.25, 0.3) is 0 Å². The van der Waals surface area contributed by atoms with Gasteiger partial charge in [-0.3, -0.25) is 9.17 Å². The molecule has 1 saturated heterocycles. The van der Waals surface area contributed by atoms with Gasteiger partial charge < -0.3 is 4.74 Å². The van der Waals surface area contributed by atoms with Gasteiger partial charge in [-0.05, 0) is 11.6 Å². The molecule has 0 aliphatic carbocycles. The molecule has 0 saturated carbocycles. The quantitative estimate of drug-likeness (QED) is 0.727. The lowest BCUT2D eigenvalue weighted by molar-refractivity contribution is 0.00827. The van der Waals surface area contributed by atoms with E-state index in [1.807, 2.05) is 6.07 Å². The third-order valence-electron chi connectivity index (χ3n) is 2.38. The first-order valence-corrected chi connectivity index (χ1v) is 6.73. The van der Waals surface area contributed by atoms with Crippen LogP contribution in [0.2, 0.25) is 0 Å². The number of pyridine rings is 1. The van der Waals surface area contributed by atoms with Crippen molar-refractivity contribution in [1.82, 2.24) is 4.98 Å². The van der Waals surface area contributed by atoms with Crippen molar-refractivity contribution >= 4 is 10.1 Å². The van der Waals surface area contributed by atoms with Gasteiger partial charge in [0.1, 0.15) is 6.61 Å². The van der Waals surface area contributed by atoms with Gasteiger partial charge in [-0.15, -0.1) is 0 Å². The second-order valence-corrected chi connectivity index (χ2v) is 5.43. The first-order chi connectivity index (χ1) is 7.54. The van der Waals surface area contributed by atoms with Crippen molar-refractivity contribution < 1.29 is 17.3 Å². The molecule has 88 valence electrons. The molecule has 0 unspecified atom stereocenters. The van der Waals surface area contributed by atoms with Crippen molar-refractivity contribution in [1.29, 1.82) is 0 Å². The van der Waals surface area contributed by atoms with Gasteiger partial charge in [-0.1, -0.05) is 6.07 Å². The summed E-state index contributed by atoms with van der Waals surface area (Å²) in [6, 6.07) is 3.71. The standard InChI is InChI=1S/C10H13NO4S/c1-16(12,13)15-7-10-3-2-8(4-11-10)9-5-14-6-9/h2-4,9H,5-7H2,1H3. The van der Waals surface area contributed by atoms with Crippen LogP contribution in [0.3, 0.4) is 0 Å². The fourth-order valence-corrected chi connectivity index (χ4v) is 1.69. The minimum Gasteiger partial charge on any atom is -0.380 e. The van der Waals surface area contributed by atoms with Gasteiger partial charge in [0.15, 0.2) is 0 Å². The first kappa shape index (κ1) is 11.5. The summed E-state index contributed by atoms with van der Waals surface area (Å²) in [5, 5.41) is 0. The van der Waals surface area contributed by atoms with Gasteiger partial charge in [0, 0.05) is 12.1 Å². The molecular weight excluding hydrogens is 230 g/mol. The highest BCUT2D eigenvalue weighted by Gasteiger charge is 2.20. The fourth-order valence-electron chi connectivity index (χ4n) is 1.36. The minimum absolute atomic E-state index is 0.0136. The van der Waals surface area contributed by atoms with Crippen LogP contribution >= 0.6 is 0 Å². The maximum atomic E-state index is 10.8. The molecule has 2 rings (SSSR count). The van der Waals surface area contributed by atoms with Gasteiger partial charge in [-0.2, -0.15) is 8.42 Å². The molecule has 0 spiro atoms. The number of rotatable bonds is 4. The third-order valence-corrected chi connectivity index (χ3v) is 2.92. The van der Waals surface area contributed by atoms with E-state index in [9.17, 15) is 8.42 Å². The molecule has 0 aromatic carbocycles. The molecule has 6 heteroatoms. The maximum Gasteiger partial charge on any atom is 0.264 e. The molecule has 5 nitrogen and oxygen atoms in total. The highest BCUT2D eigenvalue weighted by atomic mass is 32.2. The summed E-state index contributed by atoms with van der Waals surface area (Å²) in [5.74, 6) is 0.428. The molecular formula is C10H13NO4S. The Kier molecular flexibility index (Phi) is 3.22. The molecule has 0 amide bonds. The van der Waals surface area contributed by atoms with Crippen LogP contribution in [0.5, 0.6) is 0 Å². The topological polar surface area (TPSA) is 65.5 Å². The van der Waals surface area contributed by atoms with E-state index in [4.69, 9.17) is 4.74 Å². The number of aromatic nitrogens is 1. The Morgan fingerprint density at radius 1 is 1.50 bits per heavy atom. The van der Waals surface area contributed by atoms with Gasteiger partial charge in [0.25, 0.3) is 10.1 Å². The zero-order valence-corrected chi connectivity index (χ0v) is 9.74. The largest absolute Gasteiger partial charge is 0.380 e. The minimum atomic E-state index is -3.40. The normalized spacial score (nSPS) is 17.1. The second kappa shape index (κ2) is 4.48. The van der Waals surface area contributed by atoms with Gasteiger partial charge in [-0.25, -0.2) is 0 Å². The van der Waals surface area contributed by atoms with Gasteiger partial charge in [0.05, 0.1) is 25.2 Å². The molecule has 1 aromatic heterocycles. The van der Waals surface area contributed by atoms with Crippen molar-refractivity contribution in [3.05, 3.63) is 29.6 Å². The molecule has 0 N–H and O–H groups in total. The van der Waals surface area contributed by atoms with Gasteiger partial charge in [0.2, 0.25) is 0 Å². The average molecular weight is 243 g/mol. The molecule has 0 atom stereocenters. The van der Waals surface area contributed by atoms with Crippen LogP contribution in [0.15, 0.2) is 18.3 Å². The van der Waals surface area contributed by atoms with Crippen LogP contribution in [-0.4, -0.2) is 32.9 Å². The highest BCUT2D eigenvalue weighted by molar-refractivity contribution is 7.85. The van der Waals surface area contributed by atoms with E-state index in [2.05, 4.69) is 9.17 Å². The lowest BCUT2D eigenvalue weighted by atomic mass is 9.99. The smallest absolute Gasteiger partial charge is 0.264 e. The Hall–Kier alpha value is -0.980. The molecule has 0 bridgehead atoms. The Balaban J connectivity index is 1.96. The summed E-state index contributed by atoms with van der Waals surface area (Å²) in [4.78, 5) is 4.14. The summed E-state index contributed by atoms with van der Waals surface area (Å²) in [7, 11) is -3.40. The second-order valence-electron chi connectivity index (χ2n) is 3.78. The third kappa shape index (κ3) is 3.01. The summed E-state index contributed by atoms with van der Waals surface area (Å²) in [6.45, 7) is 1.46. The number of hydrogen-bond acceptors (Lipinski definition) is 5. The van der Waals surface area contributed by atoms with Crippen LogP contribution in [0.1, 0.15) is 17.2 Å². The van der Waals surface area contributed by atoms with E-state index in [0.717, 1.165) is 25.0 Å². The Morgan fingerprint density at radius 3 is 2.69 bits per heavy atom. The fraction of sp³-hybridized carbons (Fsp3) is 0.500. The van der Waals surface area contributed by atoms with E-state index in [-0.39, 0.29) is 6.61 Å². The number of ether oxygens (including phenoxy) is 1. The van der Waals surface area contributed by atoms with Gasteiger partial charge >= 0.3 is 0 Å².